The van der Waals surface area contributed by atoms with E-state index in [9.17, 15) is 14.5 Å². The average molecular weight is 341 g/mol. The van der Waals surface area contributed by atoms with Crippen molar-refractivity contribution in [3.8, 4) is 11.5 Å². The minimum absolute atomic E-state index is 0.0313. The van der Waals surface area contributed by atoms with Crippen molar-refractivity contribution in [2.45, 2.75) is 6.54 Å². The lowest BCUT2D eigenvalue weighted by Crippen LogP contribution is -2.02. The maximum absolute atomic E-state index is 13.8. The fraction of sp³-hybridized carbons (Fsp3) is 0.0769. The van der Waals surface area contributed by atoms with Crippen molar-refractivity contribution in [2.75, 3.05) is 0 Å². The molecule has 2 aromatic rings. The first kappa shape index (κ1) is 14.4. The average Bonchev–Trinajstić information content (AvgIpc) is 2.42. The van der Waals surface area contributed by atoms with Gasteiger partial charge in [-0.05, 0) is 28.1 Å². The normalized spacial score (nSPS) is 10.3. The van der Waals surface area contributed by atoms with Crippen LogP contribution in [0.1, 0.15) is 5.56 Å². The fourth-order valence-corrected chi connectivity index (χ4v) is 2.15. The Kier molecular flexibility index (Phi) is 4.31. The summed E-state index contributed by atoms with van der Waals surface area (Å²) in [7, 11) is 0. The number of rotatable bonds is 4. The third-order valence-corrected chi connectivity index (χ3v) is 3.42. The second-order valence-corrected chi connectivity index (χ2v) is 4.67. The van der Waals surface area contributed by atoms with E-state index in [0.717, 1.165) is 0 Å². The summed E-state index contributed by atoms with van der Waals surface area (Å²) in [6.07, 6.45) is 0. The zero-order valence-electron chi connectivity index (χ0n) is 10.2. The maximum Gasteiger partial charge on any atom is 0.287 e. The molecule has 5 nitrogen and oxygen atoms in total. The Hall–Kier alpha value is -1.99. The van der Waals surface area contributed by atoms with Gasteiger partial charge in [0, 0.05) is 18.2 Å². The lowest BCUT2D eigenvalue weighted by molar-refractivity contribution is -0.385. The summed E-state index contributed by atoms with van der Waals surface area (Å²) in [6.45, 7) is 0.0969. The van der Waals surface area contributed by atoms with Crippen LogP contribution in [0.4, 0.5) is 10.1 Å². The van der Waals surface area contributed by atoms with E-state index in [1.807, 2.05) is 0 Å². The first-order valence-electron chi connectivity index (χ1n) is 5.62. The van der Waals surface area contributed by atoms with Crippen LogP contribution in [0.3, 0.4) is 0 Å². The molecule has 0 fully saturated rings. The molecule has 0 aliphatic heterocycles. The summed E-state index contributed by atoms with van der Waals surface area (Å²) >= 11 is 3.09. The first-order chi connectivity index (χ1) is 9.54. The van der Waals surface area contributed by atoms with Crippen molar-refractivity contribution >= 4 is 21.6 Å². The number of nitrogens with two attached hydrogens (primary N) is 1. The molecular weight excluding hydrogens is 331 g/mol. The van der Waals surface area contributed by atoms with Crippen LogP contribution in [0.25, 0.3) is 0 Å². The van der Waals surface area contributed by atoms with Crippen LogP contribution in [-0.4, -0.2) is 4.92 Å². The molecule has 0 unspecified atom stereocenters. The monoisotopic (exact) mass is 340 g/mol. The molecule has 0 bridgehead atoms. The van der Waals surface area contributed by atoms with Crippen LogP contribution in [0.5, 0.6) is 11.5 Å². The fourth-order valence-electron chi connectivity index (χ4n) is 1.66. The predicted molar refractivity (Wildman–Crippen MR) is 75.2 cm³/mol. The standard InChI is InChI=1S/C13H10BrFN2O3/c14-12-10(17(18)19)5-2-6-11(12)20-13-8(7-16)3-1-4-9(13)15/h1-6H,7,16H2. The van der Waals surface area contributed by atoms with Gasteiger partial charge in [0.1, 0.15) is 10.2 Å². The van der Waals surface area contributed by atoms with Gasteiger partial charge in [0.15, 0.2) is 11.6 Å². The zero-order chi connectivity index (χ0) is 14.7. The molecule has 7 heteroatoms. The van der Waals surface area contributed by atoms with Gasteiger partial charge >= 0.3 is 0 Å². The zero-order valence-corrected chi connectivity index (χ0v) is 11.8. The maximum atomic E-state index is 13.8. The topological polar surface area (TPSA) is 78.4 Å². The molecule has 2 N–H and O–H groups in total. The summed E-state index contributed by atoms with van der Waals surface area (Å²) in [5, 5.41) is 10.8. The van der Waals surface area contributed by atoms with Crippen molar-refractivity contribution in [1.82, 2.24) is 0 Å². The Labute approximate surface area is 122 Å². The predicted octanol–water partition coefficient (Wildman–Crippen LogP) is 3.75. The van der Waals surface area contributed by atoms with Gasteiger partial charge in [0.05, 0.1) is 4.92 Å². The largest absolute Gasteiger partial charge is 0.452 e. The van der Waals surface area contributed by atoms with Crippen LogP contribution in [-0.2, 0) is 6.54 Å². The van der Waals surface area contributed by atoms with E-state index < -0.39 is 10.7 Å². The van der Waals surface area contributed by atoms with E-state index in [4.69, 9.17) is 10.5 Å². The number of benzene rings is 2. The molecule has 0 spiro atoms. The van der Waals surface area contributed by atoms with E-state index in [2.05, 4.69) is 15.9 Å². The highest BCUT2D eigenvalue weighted by molar-refractivity contribution is 9.10. The van der Waals surface area contributed by atoms with Crippen LogP contribution in [0.15, 0.2) is 40.9 Å². The molecule has 0 saturated heterocycles. The Balaban J connectivity index is 2.46. The molecule has 20 heavy (non-hydrogen) atoms. The van der Waals surface area contributed by atoms with Gasteiger partial charge in [-0.1, -0.05) is 18.2 Å². The molecule has 0 aromatic heterocycles. The Morgan fingerprint density at radius 1 is 1.30 bits per heavy atom. The second kappa shape index (κ2) is 5.98. The lowest BCUT2D eigenvalue weighted by Gasteiger charge is -2.12. The molecule has 0 aliphatic carbocycles. The van der Waals surface area contributed by atoms with E-state index >= 15 is 0 Å². The number of halogens is 2. The van der Waals surface area contributed by atoms with E-state index in [0.29, 0.717) is 5.56 Å². The number of hydrogen-bond donors (Lipinski definition) is 1. The van der Waals surface area contributed by atoms with E-state index in [1.165, 1.54) is 30.3 Å². The summed E-state index contributed by atoms with van der Waals surface area (Å²) in [6, 6.07) is 8.67. The van der Waals surface area contributed by atoms with Gasteiger partial charge < -0.3 is 10.5 Å². The van der Waals surface area contributed by atoms with Crippen molar-refractivity contribution in [3.05, 3.63) is 62.4 Å². The molecule has 0 saturated carbocycles. The van der Waals surface area contributed by atoms with Crippen LogP contribution >= 0.6 is 15.9 Å². The Bertz CT molecular complexity index is 664. The van der Waals surface area contributed by atoms with E-state index in [-0.39, 0.29) is 28.2 Å². The second-order valence-electron chi connectivity index (χ2n) is 3.88. The summed E-state index contributed by atoms with van der Waals surface area (Å²) in [4.78, 5) is 10.3. The van der Waals surface area contributed by atoms with Crippen molar-refractivity contribution in [2.24, 2.45) is 5.73 Å². The van der Waals surface area contributed by atoms with Crippen LogP contribution < -0.4 is 10.5 Å². The number of nitro groups is 1. The molecule has 0 heterocycles. The van der Waals surface area contributed by atoms with Crippen LogP contribution in [0, 0.1) is 15.9 Å². The molecule has 2 aromatic carbocycles. The highest BCUT2D eigenvalue weighted by atomic mass is 79.9. The number of para-hydroxylation sites is 1. The minimum atomic E-state index is -0.577. The molecule has 0 aliphatic rings. The summed E-state index contributed by atoms with van der Waals surface area (Å²) < 4.78 is 19.4. The van der Waals surface area contributed by atoms with Gasteiger partial charge in [0.2, 0.25) is 0 Å². The van der Waals surface area contributed by atoms with Gasteiger partial charge in [0.25, 0.3) is 5.69 Å². The van der Waals surface area contributed by atoms with E-state index in [1.54, 1.807) is 6.07 Å². The molecule has 0 radical (unpaired) electrons. The highest BCUT2D eigenvalue weighted by Gasteiger charge is 2.18. The van der Waals surface area contributed by atoms with Crippen LogP contribution in [0.2, 0.25) is 0 Å². The van der Waals surface area contributed by atoms with Gasteiger partial charge in [-0.25, -0.2) is 4.39 Å². The van der Waals surface area contributed by atoms with Gasteiger partial charge in [-0.2, -0.15) is 0 Å². The highest BCUT2D eigenvalue weighted by Crippen LogP contribution is 2.38. The van der Waals surface area contributed by atoms with Crippen molar-refractivity contribution in [1.29, 1.82) is 0 Å². The first-order valence-corrected chi connectivity index (χ1v) is 6.42. The third-order valence-electron chi connectivity index (χ3n) is 2.62. The van der Waals surface area contributed by atoms with Crippen molar-refractivity contribution in [3.63, 3.8) is 0 Å². The molecule has 104 valence electrons. The molecular formula is C13H10BrFN2O3. The Morgan fingerprint density at radius 3 is 2.65 bits per heavy atom. The Morgan fingerprint density at radius 2 is 2.00 bits per heavy atom. The quantitative estimate of drug-likeness (QED) is 0.679. The number of nitro benzene ring substituents is 1. The van der Waals surface area contributed by atoms with Gasteiger partial charge in [-0.15, -0.1) is 0 Å². The molecule has 0 amide bonds. The number of ether oxygens (including phenoxy) is 1. The molecule has 0 atom stereocenters. The number of nitrogens with zero attached hydrogens (tertiary/aromatic N) is 1. The van der Waals surface area contributed by atoms with Crippen molar-refractivity contribution < 1.29 is 14.1 Å². The molecule has 2 rings (SSSR count). The lowest BCUT2D eigenvalue weighted by atomic mass is 10.2. The van der Waals surface area contributed by atoms with Gasteiger partial charge in [-0.3, -0.25) is 10.1 Å². The SMILES string of the molecule is NCc1cccc(F)c1Oc1cccc([N+](=O)[O-])c1Br. The third kappa shape index (κ3) is 2.78. The smallest absolute Gasteiger partial charge is 0.287 e. The number of hydrogen-bond acceptors (Lipinski definition) is 4. The summed E-state index contributed by atoms with van der Waals surface area (Å²) in [5.41, 5.74) is 5.84. The summed E-state index contributed by atoms with van der Waals surface area (Å²) in [5.74, 6) is -0.457. The minimum Gasteiger partial charge on any atom is -0.452 e.